The molecule has 18 heavy (non-hydrogen) atoms. The van der Waals surface area contributed by atoms with Crippen molar-refractivity contribution in [3.8, 4) is 5.75 Å². The molecule has 0 aromatic heterocycles. The first-order valence-corrected chi connectivity index (χ1v) is 6.98. The second-order valence-corrected chi connectivity index (χ2v) is 5.06. The molecule has 0 radical (unpaired) electrons. The van der Waals surface area contributed by atoms with Gasteiger partial charge in [-0.25, -0.2) is 0 Å². The molecular formula is C15H24N2O. The minimum absolute atomic E-state index is 0.262. The lowest BCUT2D eigenvalue weighted by Gasteiger charge is -2.40. The van der Waals surface area contributed by atoms with E-state index < -0.39 is 0 Å². The van der Waals surface area contributed by atoms with E-state index in [1.165, 1.54) is 5.69 Å². The molecule has 0 saturated carbocycles. The molecule has 1 aromatic carbocycles. The van der Waals surface area contributed by atoms with Crippen LogP contribution in [0.15, 0.2) is 24.3 Å². The Balaban J connectivity index is 2.20. The molecule has 3 heteroatoms. The van der Waals surface area contributed by atoms with Crippen molar-refractivity contribution in [1.29, 1.82) is 0 Å². The van der Waals surface area contributed by atoms with Gasteiger partial charge in [-0.2, -0.15) is 0 Å². The van der Waals surface area contributed by atoms with Crippen molar-refractivity contribution in [1.82, 2.24) is 0 Å². The maximum atomic E-state index is 6.17. The highest BCUT2D eigenvalue weighted by Crippen LogP contribution is 2.32. The van der Waals surface area contributed by atoms with E-state index in [0.29, 0.717) is 6.04 Å². The number of nitrogens with two attached hydrogens (primary N) is 1. The van der Waals surface area contributed by atoms with Crippen molar-refractivity contribution >= 4 is 5.69 Å². The van der Waals surface area contributed by atoms with E-state index in [4.69, 9.17) is 10.5 Å². The van der Waals surface area contributed by atoms with Gasteiger partial charge in [0.05, 0.1) is 12.3 Å². The summed E-state index contributed by atoms with van der Waals surface area (Å²) < 4.78 is 5.84. The SMILES string of the molecule is CCCOc1ccccc1N1CCCC(N)C1C. The fourth-order valence-electron chi connectivity index (χ4n) is 2.54. The van der Waals surface area contributed by atoms with E-state index >= 15 is 0 Å². The smallest absolute Gasteiger partial charge is 0.142 e. The lowest BCUT2D eigenvalue weighted by Crippen LogP contribution is -2.50. The summed E-state index contributed by atoms with van der Waals surface area (Å²) in [7, 11) is 0. The molecule has 0 bridgehead atoms. The van der Waals surface area contributed by atoms with Gasteiger partial charge in [-0.15, -0.1) is 0 Å². The van der Waals surface area contributed by atoms with Crippen molar-refractivity contribution in [3.63, 3.8) is 0 Å². The van der Waals surface area contributed by atoms with Crippen molar-refractivity contribution in [2.24, 2.45) is 5.73 Å². The molecule has 2 rings (SSSR count). The molecule has 100 valence electrons. The normalized spacial score (nSPS) is 24.1. The van der Waals surface area contributed by atoms with E-state index in [1.807, 2.05) is 6.07 Å². The highest BCUT2D eigenvalue weighted by molar-refractivity contribution is 5.59. The van der Waals surface area contributed by atoms with E-state index in [-0.39, 0.29) is 6.04 Å². The van der Waals surface area contributed by atoms with Crippen LogP contribution >= 0.6 is 0 Å². The van der Waals surface area contributed by atoms with Gasteiger partial charge in [-0.3, -0.25) is 0 Å². The number of ether oxygens (including phenoxy) is 1. The van der Waals surface area contributed by atoms with E-state index in [2.05, 4.69) is 36.9 Å². The fraction of sp³-hybridized carbons (Fsp3) is 0.600. The first-order chi connectivity index (χ1) is 8.74. The zero-order valence-corrected chi connectivity index (χ0v) is 11.4. The molecule has 2 unspecified atom stereocenters. The quantitative estimate of drug-likeness (QED) is 0.890. The summed E-state index contributed by atoms with van der Waals surface area (Å²) in [5.74, 6) is 0.986. The second kappa shape index (κ2) is 6.10. The second-order valence-electron chi connectivity index (χ2n) is 5.06. The minimum Gasteiger partial charge on any atom is -0.491 e. The molecule has 2 N–H and O–H groups in total. The maximum absolute atomic E-state index is 6.17. The molecule has 1 saturated heterocycles. The number of nitrogens with zero attached hydrogens (tertiary/aromatic N) is 1. The van der Waals surface area contributed by atoms with Crippen LogP contribution < -0.4 is 15.4 Å². The number of benzene rings is 1. The Hall–Kier alpha value is -1.22. The van der Waals surface area contributed by atoms with Gasteiger partial charge in [0, 0.05) is 18.6 Å². The van der Waals surface area contributed by atoms with E-state index in [1.54, 1.807) is 0 Å². The number of anilines is 1. The van der Waals surface area contributed by atoms with E-state index in [0.717, 1.165) is 38.2 Å². The molecule has 0 amide bonds. The van der Waals surface area contributed by atoms with E-state index in [9.17, 15) is 0 Å². The topological polar surface area (TPSA) is 38.5 Å². The summed E-state index contributed by atoms with van der Waals surface area (Å²) in [6.07, 6.45) is 3.31. The molecule has 1 aliphatic heterocycles. The Labute approximate surface area is 110 Å². The lowest BCUT2D eigenvalue weighted by molar-refractivity contribution is 0.315. The van der Waals surface area contributed by atoms with Crippen LogP contribution in [0.1, 0.15) is 33.1 Å². The van der Waals surface area contributed by atoms with Gasteiger partial charge in [0.1, 0.15) is 5.75 Å². The summed E-state index contributed by atoms with van der Waals surface area (Å²) in [4.78, 5) is 2.39. The van der Waals surface area contributed by atoms with Crippen LogP contribution in [-0.4, -0.2) is 25.2 Å². The lowest BCUT2D eigenvalue weighted by atomic mass is 9.97. The zero-order valence-electron chi connectivity index (χ0n) is 11.4. The summed E-state index contributed by atoms with van der Waals surface area (Å²) in [5.41, 5.74) is 7.36. The summed E-state index contributed by atoms with van der Waals surface area (Å²) in [6.45, 7) is 6.18. The molecule has 1 aliphatic rings. The van der Waals surface area contributed by atoms with Gasteiger partial charge in [-0.05, 0) is 38.3 Å². The largest absolute Gasteiger partial charge is 0.491 e. The molecule has 3 nitrogen and oxygen atoms in total. The Morgan fingerprint density at radius 2 is 2.17 bits per heavy atom. The zero-order chi connectivity index (χ0) is 13.0. The summed E-state index contributed by atoms with van der Waals surface area (Å²) in [5, 5.41) is 0. The predicted molar refractivity (Wildman–Crippen MR) is 76.2 cm³/mol. The Morgan fingerprint density at radius 1 is 1.39 bits per heavy atom. The Morgan fingerprint density at radius 3 is 2.94 bits per heavy atom. The number of para-hydroxylation sites is 2. The third-order valence-corrected chi connectivity index (χ3v) is 3.68. The fourth-order valence-corrected chi connectivity index (χ4v) is 2.54. The average Bonchev–Trinajstić information content (AvgIpc) is 2.40. The van der Waals surface area contributed by atoms with Gasteiger partial charge in [-0.1, -0.05) is 19.1 Å². The maximum Gasteiger partial charge on any atom is 0.142 e. The highest BCUT2D eigenvalue weighted by atomic mass is 16.5. The predicted octanol–water partition coefficient (Wildman–Crippen LogP) is 2.79. The molecule has 0 aliphatic carbocycles. The highest BCUT2D eigenvalue weighted by Gasteiger charge is 2.26. The first kappa shape index (κ1) is 13.2. The molecule has 1 aromatic rings. The Kier molecular flexibility index (Phi) is 4.48. The van der Waals surface area contributed by atoms with Gasteiger partial charge in [0.25, 0.3) is 0 Å². The number of piperidine rings is 1. The summed E-state index contributed by atoms with van der Waals surface area (Å²) >= 11 is 0. The third-order valence-electron chi connectivity index (χ3n) is 3.68. The van der Waals surface area contributed by atoms with Crippen LogP contribution in [0.25, 0.3) is 0 Å². The van der Waals surface area contributed by atoms with Crippen molar-refractivity contribution in [2.75, 3.05) is 18.1 Å². The molecule has 0 spiro atoms. The van der Waals surface area contributed by atoms with Gasteiger partial charge in [0.15, 0.2) is 0 Å². The van der Waals surface area contributed by atoms with Crippen molar-refractivity contribution in [2.45, 2.75) is 45.2 Å². The van der Waals surface area contributed by atoms with Gasteiger partial charge < -0.3 is 15.4 Å². The van der Waals surface area contributed by atoms with Crippen LogP contribution in [0.5, 0.6) is 5.75 Å². The molecule has 1 fully saturated rings. The minimum atomic E-state index is 0.262. The average molecular weight is 248 g/mol. The van der Waals surface area contributed by atoms with Crippen LogP contribution in [0.2, 0.25) is 0 Å². The van der Waals surface area contributed by atoms with Crippen molar-refractivity contribution in [3.05, 3.63) is 24.3 Å². The van der Waals surface area contributed by atoms with Crippen LogP contribution in [-0.2, 0) is 0 Å². The standard InChI is InChI=1S/C15H24N2O/c1-3-11-18-15-9-5-4-8-14(15)17-10-6-7-13(16)12(17)2/h4-5,8-9,12-13H,3,6-7,10-11,16H2,1-2H3. The van der Waals surface area contributed by atoms with Gasteiger partial charge in [0.2, 0.25) is 0 Å². The van der Waals surface area contributed by atoms with Crippen LogP contribution in [0.3, 0.4) is 0 Å². The van der Waals surface area contributed by atoms with Gasteiger partial charge >= 0.3 is 0 Å². The van der Waals surface area contributed by atoms with Crippen molar-refractivity contribution < 1.29 is 4.74 Å². The molecule has 2 atom stereocenters. The first-order valence-electron chi connectivity index (χ1n) is 6.98. The number of hydrogen-bond acceptors (Lipinski definition) is 3. The Bertz CT molecular complexity index is 381. The third kappa shape index (κ3) is 2.78. The number of hydrogen-bond donors (Lipinski definition) is 1. The monoisotopic (exact) mass is 248 g/mol. The molecular weight excluding hydrogens is 224 g/mol. The summed E-state index contributed by atoms with van der Waals surface area (Å²) in [6, 6.07) is 8.93. The van der Waals surface area contributed by atoms with Crippen LogP contribution in [0, 0.1) is 0 Å². The molecule has 1 heterocycles. The number of rotatable bonds is 4. The van der Waals surface area contributed by atoms with Crippen LogP contribution in [0.4, 0.5) is 5.69 Å².